The van der Waals surface area contributed by atoms with Crippen LogP contribution in [-0.4, -0.2) is 9.97 Å². The fourth-order valence-corrected chi connectivity index (χ4v) is 3.82. The van der Waals surface area contributed by atoms with Crippen molar-refractivity contribution in [3.63, 3.8) is 0 Å². The highest BCUT2D eigenvalue weighted by molar-refractivity contribution is 9.10. The third-order valence-electron chi connectivity index (χ3n) is 2.30. The van der Waals surface area contributed by atoms with Crippen LogP contribution in [0.1, 0.15) is 0 Å². The van der Waals surface area contributed by atoms with E-state index in [0.29, 0.717) is 5.69 Å². The van der Waals surface area contributed by atoms with Crippen molar-refractivity contribution in [2.24, 2.45) is 0 Å². The first-order valence-corrected chi connectivity index (χ1v) is 7.59. The van der Waals surface area contributed by atoms with Crippen LogP contribution in [0, 0.1) is 0 Å². The number of nitrogens with two attached hydrogens (primary N) is 1. The summed E-state index contributed by atoms with van der Waals surface area (Å²) in [6, 6.07) is 9.93. The fraction of sp³-hybridized carbons (Fsp3) is 0. The lowest BCUT2D eigenvalue weighted by Gasteiger charge is -2.01. The topological polar surface area (TPSA) is 51.8 Å². The number of hydrogen-bond donors (Lipinski definition) is 1. The molecule has 1 aromatic carbocycles. The minimum atomic E-state index is 0.661. The Hall–Kier alpha value is -1.11. The number of nitrogens with zero attached hydrogens (tertiary/aromatic N) is 2. The molecule has 0 saturated heterocycles. The molecule has 0 bridgehead atoms. The van der Waals surface area contributed by atoms with E-state index in [1.54, 1.807) is 17.5 Å². The Balaban J connectivity index is 1.96. The quantitative estimate of drug-likeness (QED) is 0.761. The number of nitrogen functional groups attached to an aromatic ring is 1. The van der Waals surface area contributed by atoms with Crippen LogP contribution in [0.4, 0.5) is 5.69 Å². The summed E-state index contributed by atoms with van der Waals surface area (Å²) < 4.78 is 3.02. The van der Waals surface area contributed by atoms with Crippen molar-refractivity contribution >= 4 is 54.9 Å². The summed E-state index contributed by atoms with van der Waals surface area (Å²) >= 11 is 6.49. The Morgan fingerprint density at radius 1 is 1.28 bits per heavy atom. The first kappa shape index (κ1) is 12.0. The Kier molecular flexibility index (Phi) is 3.23. The molecule has 0 aliphatic rings. The van der Waals surface area contributed by atoms with Gasteiger partial charge in [0, 0.05) is 10.7 Å². The van der Waals surface area contributed by atoms with E-state index in [2.05, 4.69) is 32.0 Å². The zero-order chi connectivity index (χ0) is 12.5. The number of aromatic nitrogens is 2. The molecule has 2 N–H and O–H groups in total. The Labute approximate surface area is 121 Å². The average molecular weight is 338 g/mol. The maximum atomic E-state index is 5.93. The number of anilines is 1. The second kappa shape index (κ2) is 4.87. The molecule has 0 fully saturated rings. The summed E-state index contributed by atoms with van der Waals surface area (Å²) in [6.45, 7) is 0. The summed E-state index contributed by atoms with van der Waals surface area (Å²) in [5.41, 5.74) is 7.60. The molecule has 3 rings (SSSR count). The molecule has 0 aliphatic carbocycles. The standard InChI is InChI=1S/C12H8BrN3S2/c13-7-5-8(14)11(15-6-7)18-12-16-9-3-1-2-4-10(9)17-12/h1-6H,14H2. The second-order valence-electron chi connectivity index (χ2n) is 3.60. The fourth-order valence-electron chi connectivity index (χ4n) is 1.51. The molecule has 0 amide bonds. The predicted molar refractivity (Wildman–Crippen MR) is 80.1 cm³/mol. The van der Waals surface area contributed by atoms with E-state index < -0.39 is 0 Å². The molecule has 0 saturated carbocycles. The van der Waals surface area contributed by atoms with Crippen LogP contribution < -0.4 is 5.73 Å². The minimum Gasteiger partial charge on any atom is -0.396 e. The molecule has 3 aromatic rings. The van der Waals surface area contributed by atoms with Crippen LogP contribution in [0.3, 0.4) is 0 Å². The van der Waals surface area contributed by atoms with Gasteiger partial charge in [-0.1, -0.05) is 12.1 Å². The maximum absolute atomic E-state index is 5.93. The van der Waals surface area contributed by atoms with Crippen molar-refractivity contribution in [3.05, 3.63) is 41.0 Å². The summed E-state index contributed by atoms with van der Waals surface area (Å²) in [7, 11) is 0. The third kappa shape index (κ3) is 2.36. The molecule has 0 atom stereocenters. The van der Waals surface area contributed by atoms with E-state index in [1.807, 2.05) is 24.3 Å². The van der Waals surface area contributed by atoms with Gasteiger partial charge in [0.1, 0.15) is 5.03 Å². The second-order valence-corrected chi connectivity index (χ2v) is 6.78. The SMILES string of the molecule is Nc1cc(Br)cnc1Sc1nc2ccccc2s1. The average Bonchev–Trinajstić information content (AvgIpc) is 2.75. The highest BCUT2D eigenvalue weighted by Gasteiger charge is 2.08. The first-order valence-electron chi connectivity index (χ1n) is 5.17. The van der Waals surface area contributed by atoms with Gasteiger partial charge in [0.15, 0.2) is 4.34 Å². The number of rotatable bonds is 2. The van der Waals surface area contributed by atoms with Crippen molar-refractivity contribution in [3.8, 4) is 0 Å². The van der Waals surface area contributed by atoms with Crippen molar-refractivity contribution in [1.29, 1.82) is 0 Å². The Morgan fingerprint density at radius 2 is 2.11 bits per heavy atom. The third-order valence-corrected chi connectivity index (χ3v) is 4.87. The molecule has 3 nitrogen and oxygen atoms in total. The largest absolute Gasteiger partial charge is 0.396 e. The van der Waals surface area contributed by atoms with Crippen molar-refractivity contribution in [2.75, 3.05) is 5.73 Å². The number of benzene rings is 1. The van der Waals surface area contributed by atoms with Gasteiger partial charge in [-0.25, -0.2) is 9.97 Å². The van der Waals surface area contributed by atoms with Crippen LogP contribution in [0.5, 0.6) is 0 Å². The summed E-state index contributed by atoms with van der Waals surface area (Å²) in [5, 5.41) is 0.789. The van der Waals surface area contributed by atoms with Gasteiger partial charge in [-0.15, -0.1) is 11.3 Å². The van der Waals surface area contributed by atoms with Crippen molar-refractivity contribution in [1.82, 2.24) is 9.97 Å². The number of pyridine rings is 1. The highest BCUT2D eigenvalue weighted by atomic mass is 79.9. The van der Waals surface area contributed by atoms with Gasteiger partial charge in [-0.05, 0) is 45.9 Å². The van der Waals surface area contributed by atoms with Gasteiger partial charge in [0.2, 0.25) is 0 Å². The molecule has 0 unspecified atom stereocenters. The van der Waals surface area contributed by atoms with Crippen molar-refractivity contribution in [2.45, 2.75) is 9.37 Å². The normalized spacial score (nSPS) is 10.9. The lowest BCUT2D eigenvalue weighted by molar-refractivity contribution is 1.13. The molecule has 2 aromatic heterocycles. The molecule has 0 aliphatic heterocycles. The number of para-hydroxylation sites is 1. The van der Waals surface area contributed by atoms with E-state index in [1.165, 1.54) is 16.5 Å². The first-order chi connectivity index (χ1) is 8.72. The van der Waals surface area contributed by atoms with E-state index in [0.717, 1.165) is 19.4 Å². The molecule has 0 radical (unpaired) electrons. The van der Waals surface area contributed by atoms with Gasteiger partial charge >= 0.3 is 0 Å². The minimum absolute atomic E-state index is 0.661. The van der Waals surface area contributed by atoms with E-state index >= 15 is 0 Å². The molecule has 18 heavy (non-hydrogen) atoms. The molecule has 6 heteroatoms. The summed E-state index contributed by atoms with van der Waals surface area (Å²) in [6.07, 6.45) is 1.74. The number of thiazole rings is 1. The van der Waals surface area contributed by atoms with Crippen LogP contribution in [-0.2, 0) is 0 Å². The van der Waals surface area contributed by atoms with Crippen LogP contribution in [0.2, 0.25) is 0 Å². The number of fused-ring (bicyclic) bond motifs is 1. The molecule has 0 spiro atoms. The summed E-state index contributed by atoms with van der Waals surface area (Å²) in [5.74, 6) is 0. The summed E-state index contributed by atoms with van der Waals surface area (Å²) in [4.78, 5) is 8.85. The predicted octanol–water partition coefficient (Wildman–Crippen LogP) is 4.19. The van der Waals surface area contributed by atoms with Gasteiger partial charge in [-0.2, -0.15) is 0 Å². The van der Waals surface area contributed by atoms with E-state index in [9.17, 15) is 0 Å². The monoisotopic (exact) mass is 337 g/mol. The maximum Gasteiger partial charge on any atom is 0.157 e. The zero-order valence-corrected chi connectivity index (χ0v) is 12.3. The van der Waals surface area contributed by atoms with E-state index in [4.69, 9.17) is 5.73 Å². The molecular weight excluding hydrogens is 330 g/mol. The lowest BCUT2D eigenvalue weighted by atomic mass is 10.3. The Bertz CT molecular complexity index is 678. The van der Waals surface area contributed by atoms with Crippen molar-refractivity contribution < 1.29 is 0 Å². The Morgan fingerprint density at radius 3 is 2.89 bits per heavy atom. The molecule has 2 heterocycles. The molecule has 90 valence electrons. The van der Waals surface area contributed by atoms with Gasteiger partial charge < -0.3 is 5.73 Å². The van der Waals surface area contributed by atoms with Crippen LogP contribution in [0.15, 0.2) is 50.4 Å². The lowest BCUT2D eigenvalue weighted by Crippen LogP contribution is -1.91. The van der Waals surface area contributed by atoms with Gasteiger partial charge in [-0.3, -0.25) is 0 Å². The number of hydrogen-bond acceptors (Lipinski definition) is 5. The van der Waals surface area contributed by atoms with Crippen LogP contribution in [0.25, 0.3) is 10.2 Å². The highest BCUT2D eigenvalue weighted by Crippen LogP contribution is 2.36. The van der Waals surface area contributed by atoms with Crippen LogP contribution >= 0.6 is 39.0 Å². The van der Waals surface area contributed by atoms with Gasteiger partial charge in [0.25, 0.3) is 0 Å². The number of halogens is 1. The van der Waals surface area contributed by atoms with E-state index in [-0.39, 0.29) is 0 Å². The van der Waals surface area contributed by atoms with Gasteiger partial charge in [0.05, 0.1) is 15.9 Å². The smallest absolute Gasteiger partial charge is 0.157 e. The molecular formula is C12H8BrN3S2. The zero-order valence-electron chi connectivity index (χ0n) is 9.13.